The zero-order valence-electron chi connectivity index (χ0n) is 10.7. The largest absolute Gasteiger partial charge is 0.480 e. The summed E-state index contributed by atoms with van der Waals surface area (Å²) < 4.78 is 30.8. The number of carboxylic acid groups (broad SMARTS) is 1. The van der Waals surface area contributed by atoms with Crippen molar-refractivity contribution in [1.29, 1.82) is 0 Å². The molecule has 0 radical (unpaired) electrons. The number of aliphatic carboxylic acids is 1. The fraction of sp³-hybridized carbons (Fsp3) is 0.333. The van der Waals surface area contributed by atoms with Gasteiger partial charge >= 0.3 is 5.97 Å². The van der Waals surface area contributed by atoms with Crippen molar-refractivity contribution in [2.24, 2.45) is 0 Å². The van der Waals surface area contributed by atoms with Gasteiger partial charge < -0.3 is 10.4 Å². The zero-order chi connectivity index (χ0) is 15.3. The van der Waals surface area contributed by atoms with E-state index in [2.05, 4.69) is 5.32 Å². The topological polar surface area (TPSA) is 121 Å². The van der Waals surface area contributed by atoms with Crippen LogP contribution in [0.4, 0.5) is 0 Å². The second-order valence-corrected chi connectivity index (χ2v) is 5.58. The Morgan fingerprint density at radius 1 is 1.35 bits per heavy atom. The lowest BCUT2D eigenvalue weighted by molar-refractivity contribution is -0.139. The first kappa shape index (κ1) is 16.1. The molecule has 1 unspecified atom stereocenters. The van der Waals surface area contributed by atoms with E-state index in [9.17, 15) is 18.0 Å². The van der Waals surface area contributed by atoms with Crippen LogP contribution in [0.25, 0.3) is 0 Å². The van der Waals surface area contributed by atoms with Crippen LogP contribution in [0, 0.1) is 0 Å². The molecule has 1 rings (SSSR count). The molecule has 110 valence electrons. The summed E-state index contributed by atoms with van der Waals surface area (Å²) in [6, 6.07) is 3.69. The number of amides is 1. The van der Waals surface area contributed by atoms with Crippen molar-refractivity contribution in [2.75, 3.05) is 0 Å². The van der Waals surface area contributed by atoms with Gasteiger partial charge in [-0.1, -0.05) is 19.4 Å². The first-order valence-electron chi connectivity index (χ1n) is 5.87. The van der Waals surface area contributed by atoms with Gasteiger partial charge in [0, 0.05) is 5.56 Å². The smallest absolute Gasteiger partial charge is 0.326 e. The molecule has 0 fully saturated rings. The number of benzene rings is 1. The second-order valence-electron chi connectivity index (χ2n) is 4.16. The van der Waals surface area contributed by atoms with Crippen LogP contribution < -0.4 is 5.32 Å². The van der Waals surface area contributed by atoms with E-state index in [0.717, 1.165) is 12.1 Å². The Morgan fingerprint density at radius 2 is 2.00 bits per heavy atom. The van der Waals surface area contributed by atoms with E-state index in [0.29, 0.717) is 6.42 Å². The minimum atomic E-state index is -4.41. The highest BCUT2D eigenvalue weighted by molar-refractivity contribution is 7.85. The molecule has 0 saturated heterocycles. The van der Waals surface area contributed by atoms with Gasteiger partial charge in [-0.25, -0.2) is 4.79 Å². The molecule has 0 aliphatic rings. The van der Waals surface area contributed by atoms with E-state index in [-0.39, 0.29) is 12.0 Å². The molecule has 0 saturated carbocycles. The van der Waals surface area contributed by atoms with Crippen LogP contribution in [0.2, 0.25) is 0 Å². The maximum absolute atomic E-state index is 11.9. The Kier molecular flexibility index (Phi) is 5.23. The van der Waals surface area contributed by atoms with Gasteiger partial charge in [0.15, 0.2) is 0 Å². The summed E-state index contributed by atoms with van der Waals surface area (Å²) >= 11 is 0. The molecule has 8 heteroatoms. The molecule has 0 spiro atoms. The average molecular weight is 301 g/mol. The van der Waals surface area contributed by atoms with Gasteiger partial charge in [0.05, 0.1) is 4.90 Å². The fourth-order valence-corrected chi connectivity index (χ4v) is 2.11. The zero-order valence-corrected chi connectivity index (χ0v) is 11.6. The number of hydrogen-bond acceptors (Lipinski definition) is 4. The van der Waals surface area contributed by atoms with Crippen molar-refractivity contribution >= 4 is 22.0 Å². The lowest BCUT2D eigenvalue weighted by atomic mass is 10.1. The minimum Gasteiger partial charge on any atom is -0.480 e. The summed E-state index contributed by atoms with van der Waals surface area (Å²) in [6.45, 7) is 1.78. The highest BCUT2D eigenvalue weighted by atomic mass is 32.2. The average Bonchev–Trinajstić information content (AvgIpc) is 2.37. The quantitative estimate of drug-likeness (QED) is 0.672. The summed E-state index contributed by atoms with van der Waals surface area (Å²) in [7, 11) is -4.41. The summed E-state index contributed by atoms with van der Waals surface area (Å²) in [6.07, 6.45) is 0.835. The summed E-state index contributed by atoms with van der Waals surface area (Å²) in [5, 5.41) is 11.2. The molecule has 0 aromatic heterocycles. The van der Waals surface area contributed by atoms with Crippen LogP contribution >= 0.6 is 0 Å². The molecule has 0 aliphatic heterocycles. The third kappa shape index (κ3) is 4.32. The van der Waals surface area contributed by atoms with Crippen molar-refractivity contribution in [3.8, 4) is 0 Å². The van der Waals surface area contributed by atoms with Crippen LogP contribution in [-0.2, 0) is 14.9 Å². The van der Waals surface area contributed by atoms with Gasteiger partial charge in [-0.05, 0) is 24.6 Å². The van der Waals surface area contributed by atoms with E-state index in [4.69, 9.17) is 9.66 Å². The Labute approximate surface area is 116 Å². The first-order chi connectivity index (χ1) is 9.25. The third-order valence-electron chi connectivity index (χ3n) is 2.57. The molecule has 0 heterocycles. The van der Waals surface area contributed by atoms with E-state index < -0.39 is 32.9 Å². The molecule has 1 atom stereocenters. The number of rotatable bonds is 6. The second kappa shape index (κ2) is 6.49. The predicted molar refractivity (Wildman–Crippen MR) is 70.1 cm³/mol. The predicted octanol–water partition coefficient (Wildman–Crippen LogP) is 0.916. The molecule has 0 aliphatic carbocycles. The first-order valence-corrected chi connectivity index (χ1v) is 7.31. The molecular weight excluding hydrogens is 286 g/mol. The van der Waals surface area contributed by atoms with Crippen LogP contribution in [-0.4, -0.2) is 36.0 Å². The lowest BCUT2D eigenvalue weighted by Gasteiger charge is -2.13. The van der Waals surface area contributed by atoms with E-state index in [1.54, 1.807) is 6.92 Å². The number of nitrogens with one attached hydrogen (secondary N) is 1. The van der Waals surface area contributed by atoms with Gasteiger partial charge in [-0.3, -0.25) is 9.35 Å². The van der Waals surface area contributed by atoms with E-state index in [1.807, 2.05) is 0 Å². The summed E-state index contributed by atoms with van der Waals surface area (Å²) in [5.41, 5.74) is -0.0394. The van der Waals surface area contributed by atoms with Gasteiger partial charge in [-0.15, -0.1) is 0 Å². The molecule has 7 nitrogen and oxygen atoms in total. The number of carboxylic acids is 1. The molecule has 1 aromatic carbocycles. The normalized spacial score (nSPS) is 12.7. The van der Waals surface area contributed by atoms with Gasteiger partial charge in [0.25, 0.3) is 16.0 Å². The maximum atomic E-state index is 11.9. The molecule has 0 bridgehead atoms. The molecule has 1 aromatic rings. The van der Waals surface area contributed by atoms with Gasteiger partial charge in [-0.2, -0.15) is 8.42 Å². The highest BCUT2D eigenvalue weighted by Crippen LogP contribution is 2.11. The number of carbonyl (C=O) groups is 2. The Morgan fingerprint density at radius 3 is 2.50 bits per heavy atom. The van der Waals surface area contributed by atoms with Crippen LogP contribution in [0.3, 0.4) is 0 Å². The van der Waals surface area contributed by atoms with Crippen molar-refractivity contribution < 1.29 is 27.7 Å². The Bertz CT molecular complexity index is 610. The monoisotopic (exact) mass is 301 g/mol. The van der Waals surface area contributed by atoms with Crippen molar-refractivity contribution in [3.05, 3.63) is 29.8 Å². The SMILES string of the molecule is CCCC(NC(=O)c1cccc(S(=O)(=O)O)c1)C(=O)O. The molecule has 1 amide bonds. The maximum Gasteiger partial charge on any atom is 0.326 e. The minimum absolute atomic E-state index is 0.0394. The van der Waals surface area contributed by atoms with E-state index >= 15 is 0 Å². The van der Waals surface area contributed by atoms with Crippen LogP contribution in [0.5, 0.6) is 0 Å². The Balaban J connectivity index is 2.95. The Hall–Kier alpha value is -1.93. The standard InChI is InChI=1S/C12H15NO6S/c1-2-4-10(12(15)16)13-11(14)8-5-3-6-9(7-8)20(17,18)19/h3,5-7,10H,2,4H2,1H3,(H,13,14)(H,15,16)(H,17,18,19). The number of hydrogen-bond donors (Lipinski definition) is 3. The molecule has 3 N–H and O–H groups in total. The van der Waals surface area contributed by atoms with Gasteiger partial charge in [0.2, 0.25) is 0 Å². The summed E-state index contributed by atoms with van der Waals surface area (Å²) in [5.74, 6) is -1.87. The van der Waals surface area contributed by atoms with Crippen molar-refractivity contribution in [2.45, 2.75) is 30.7 Å². The van der Waals surface area contributed by atoms with Crippen molar-refractivity contribution in [1.82, 2.24) is 5.32 Å². The van der Waals surface area contributed by atoms with Gasteiger partial charge in [0.1, 0.15) is 6.04 Å². The summed E-state index contributed by atoms with van der Waals surface area (Å²) in [4.78, 5) is 22.4. The molecular formula is C12H15NO6S. The highest BCUT2D eigenvalue weighted by Gasteiger charge is 2.20. The van der Waals surface area contributed by atoms with E-state index in [1.165, 1.54) is 12.1 Å². The third-order valence-corrected chi connectivity index (χ3v) is 3.42. The molecule has 20 heavy (non-hydrogen) atoms. The fourth-order valence-electron chi connectivity index (χ4n) is 1.59. The van der Waals surface area contributed by atoms with Crippen LogP contribution in [0.1, 0.15) is 30.1 Å². The number of carbonyl (C=O) groups excluding carboxylic acids is 1. The van der Waals surface area contributed by atoms with Crippen LogP contribution in [0.15, 0.2) is 29.2 Å². The van der Waals surface area contributed by atoms with Crippen molar-refractivity contribution in [3.63, 3.8) is 0 Å². The lowest BCUT2D eigenvalue weighted by Crippen LogP contribution is -2.40.